The fraction of sp³-hybridized carbons (Fsp3) is 0.333. The molecule has 0 radical (unpaired) electrons. The Morgan fingerprint density at radius 3 is 2.88 bits per heavy atom. The highest BCUT2D eigenvalue weighted by Gasteiger charge is 1.79. The Morgan fingerprint density at radius 2 is 2.50 bits per heavy atom. The fourth-order valence-electron chi connectivity index (χ4n) is 0.207. The molecule has 0 saturated heterocycles. The van der Waals surface area contributed by atoms with E-state index in [1.165, 1.54) is 6.08 Å². The summed E-state index contributed by atoms with van der Waals surface area (Å²) in [7, 11) is 0. The van der Waals surface area contributed by atoms with Gasteiger partial charge in [0.15, 0.2) is 0 Å². The fourth-order valence-corrected chi connectivity index (χ4v) is 0.207. The third-order valence-electron chi connectivity index (χ3n) is 0.463. The van der Waals surface area contributed by atoms with E-state index in [4.69, 9.17) is 5.84 Å². The van der Waals surface area contributed by atoms with E-state index in [0.29, 0.717) is 6.54 Å². The standard InChI is InChI=1S/C3H7N3O2/c4-5-2-1-3-6(7)8/h1,3,5H,2,4H2. The Kier molecular flexibility index (Phi) is 3.73. The van der Waals surface area contributed by atoms with E-state index >= 15 is 0 Å². The molecule has 0 aromatic rings. The molecular formula is C3H7N3O2. The van der Waals surface area contributed by atoms with Gasteiger partial charge in [-0.25, -0.2) is 0 Å². The van der Waals surface area contributed by atoms with Crippen molar-refractivity contribution in [3.63, 3.8) is 0 Å². The Bertz CT molecular complexity index is 101. The maximum absolute atomic E-state index is 9.52. The van der Waals surface area contributed by atoms with Crippen LogP contribution < -0.4 is 11.3 Å². The molecule has 0 unspecified atom stereocenters. The summed E-state index contributed by atoms with van der Waals surface area (Å²) in [6, 6.07) is 0. The number of nitrogens with zero attached hydrogens (tertiary/aromatic N) is 1. The van der Waals surface area contributed by atoms with Crippen LogP contribution in [0.1, 0.15) is 0 Å². The SMILES string of the molecule is NNCC=C[N+](=O)[O-]. The van der Waals surface area contributed by atoms with E-state index in [0.717, 1.165) is 6.20 Å². The first kappa shape index (κ1) is 7.06. The zero-order valence-corrected chi connectivity index (χ0v) is 4.20. The van der Waals surface area contributed by atoms with Gasteiger partial charge in [-0.3, -0.25) is 21.4 Å². The largest absolute Gasteiger partial charge is 0.271 e. The summed E-state index contributed by atoms with van der Waals surface area (Å²) in [6.07, 6.45) is 2.15. The van der Waals surface area contributed by atoms with Crippen LogP contribution in [0.25, 0.3) is 0 Å². The molecule has 0 fully saturated rings. The smallest absolute Gasteiger partial charge is 0.231 e. The molecule has 0 amide bonds. The van der Waals surface area contributed by atoms with Crippen molar-refractivity contribution in [1.82, 2.24) is 5.43 Å². The van der Waals surface area contributed by atoms with Crippen LogP contribution in [0.15, 0.2) is 12.3 Å². The Balaban J connectivity index is 3.20. The molecule has 0 spiro atoms. The number of hydrogen-bond donors (Lipinski definition) is 2. The van der Waals surface area contributed by atoms with E-state index in [-0.39, 0.29) is 0 Å². The topological polar surface area (TPSA) is 81.2 Å². The van der Waals surface area contributed by atoms with Crippen LogP contribution in [0, 0.1) is 10.1 Å². The van der Waals surface area contributed by atoms with Crippen molar-refractivity contribution in [1.29, 1.82) is 0 Å². The second-order valence-corrected chi connectivity index (χ2v) is 1.08. The van der Waals surface area contributed by atoms with Gasteiger partial charge in [0.1, 0.15) is 0 Å². The normalized spacial score (nSPS) is 10.1. The zero-order chi connectivity index (χ0) is 6.41. The molecule has 5 nitrogen and oxygen atoms in total. The maximum Gasteiger partial charge on any atom is 0.231 e. The second-order valence-electron chi connectivity index (χ2n) is 1.08. The van der Waals surface area contributed by atoms with Gasteiger partial charge < -0.3 is 0 Å². The van der Waals surface area contributed by atoms with Crippen LogP contribution in [0.3, 0.4) is 0 Å². The Hall–Kier alpha value is -0.940. The van der Waals surface area contributed by atoms with Crippen molar-refractivity contribution in [2.45, 2.75) is 0 Å². The van der Waals surface area contributed by atoms with E-state index in [1.54, 1.807) is 0 Å². The monoisotopic (exact) mass is 117 g/mol. The van der Waals surface area contributed by atoms with Gasteiger partial charge in [-0.15, -0.1) is 0 Å². The van der Waals surface area contributed by atoms with Gasteiger partial charge in [-0.2, -0.15) is 0 Å². The zero-order valence-electron chi connectivity index (χ0n) is 4.20. The lowest BCUT2D eigenvalue weighted by Gasteiger charge is -1.82. The van der Waals surface area contributed by atoms with Crippen LogP contribution in [-0.2, 0) is 0 Å². The highest BCUT2D eigenvalue weighted by Crippen LogP contribution is 1.68. The number of hydrazine groups is 1. The number of nitrogens with one attached hydrogen (secondary N) is 1. The van der Waals surface area contributed by atoms with Crippen LogP contribution >= 0.6 is 0 Å². The van der Waals surface area contributed by atoms with Crippen LogP contribution in [-0.4, -0.2) is 11.5 Å². The van der Waals surface area contributed by atoms with Gasteiger partial charge in [-0.1, -0.05) is 0 Å². The summed E-state index contributed by atoms with van der Waals surface area (Å²) in [6.45, 7) is 0.320. The van der Waals surface area contributed by atoms with E-state index in [2.05, 4.69) is 5.43 Å². The minimum absolute atomic E-state index is 0.320. The second kappa shape index (κ2) is 4.23. The molecule has 0 aliphatic carbocycles. The first-order chi connectivity index (χ1) is 3.77. The molecule has 0 aliphatic rings. The van der Waals surface area contributed by atoms with E-state index in [1.807, 2.05) is 0 Å². The molecule has 0 atom stereocenters. The van der Waals surface area contributed by atoms with Crippen LogP contribution in [0.2, 0.25) is 0 Å². The third-order valence-corrected chi connectivity index (χ3v) is 0.463. The molecule has 0 aromatic carbocycles. The number of nitrogens with two attached hydrogens (primary N) is 1. The lowest BCUT2D eigenvalue weighted by molar-refractivity contribution is -0.402. The van der Waals surface area contributed by atoms with Crippen molar-refractivity contribution in [2.75, 3.05) is 6.54 Å². The summed E-state index contributed by atoms with van der Waals surface area (Å²) in [5.74, 6) is 4.79. The maximum atomic E-state index is 9.52. The van der Waals surface area contributed by atoms with Crippen molar-refractivity contribution in [2.24, 2.45) is 5.84 Å². The highest BCUT2D eigenvalue weighted by atomic mass is 16.6. The number of hydrogen-bond acceptors (Lipinski definition) is 4. The molecule has 0 heterocycles. The molecule has 0 bridgehead atoms. The van der Waals surface area contributed by atoms with Gasteiger partial charge >= 0.3 is 0 Å². The van der Waals surface area contributed by atoms with Crippen molar-refractivity contribution < 1.29 is 4.92 Å². The van der Waals surface area contributed by atoms with Gasteiger partial charge in [0.2, 0.25) is 6.20 Å². The lowest BCUT2D eigenvalue weighted by atomic mass is 10.6. The van der Waals surface area contributed by atoms with Crippen LogP contribution in [0.4, 0.5) is 0 Å². The predicted octanol–water partition coefficient (Wildman–Crippen LogP) is -0.760. The minimum Gasteiger partial charge on any atom is -0.271 e. The number of nitro groups is 1. The number of rotatable bonds is 3. The van der Waals surface area contributed by atoms with E-state index < -0.39 is 4.92 Å². The molecule has 0 rings (SSSR count). The summed E-state index contributed by atoms with van der Waals surface area (Å²) in [5.41, 5.74) is 2.23. The quantitative estimate of drug-likeness (QED) is 0.289. The molecule has 0 aliphatic heterocycles. The average Bonchev–Trinajstić information content (AvgIpc) is 1.66. The molecule has 8 heavy (non-hydrogen) atoms. The Morgan fingerprint density at radius 1 is 1.88 bits per heavy atom. The molecule has 5 heteroatoms. The summed E-state index contributed by atoms with van der Waals surface area (Å²) >= 11 is 0. The van der Waals surface area contributed by atoms with Crippen LogP contribution in [0.5, 0.6) is 0 Å². The Labute approximate surface area is 46.3 Å². The van der Waals surface area contributed by atoms with Crippen molar-refractivity contribution in [3.05, 3.63) is 22.4 Å². The van der Waals surface area contributed by atoms with Crippen molar-refractivity contribution >= 4 is 0 Å². The van der Waals surface area contributed by atoms with E-state index in [9.17, 15) is 10.1 Å². The van der Waals surface area contributed by atoms with Gasteiger partial charge in [-0.05, 0) is 0 Å². The lowest BCUT2D eigenvalue weighted by Crippen LogP contribution is -2.21. The van der Waals surface area contributed by atoms with Crippen molar-refractivity contribution in [3.8, 4) is 0 Å². The van der Waals surface area contributed by atoms with Gasteiger partial charge in [0, 0.05) is 12.6 Å². The summed E-state index contributed by atoms with van der Waals surface area (Å²) < 4.78 is 0. The average molecular weight is 117 g/mol. The van der Waals surface area contributed by atoms with Gasteiger partial charge in [0.05, 0.1) is 4.92 Å². The summed E-state index contributed by atoms with van der Waals surface area (Å²) in [4.78, 5) is 8.98. The molecule has 0 saturated carbocycles. The first-order valence-electron chi connectivity index (χ1n) is 2.01. The minimum atomic E-state index is -0.544. The first-order valence-corrected chi connectivity index (χ1v) is 2.01. The molecule has 0 aromatic heterocycles. The van der Waals surface area contributed by atoms with Gasteiger partial charge in [0.25, 0.3) is 0 Å². The highest BCUT2D eigenvalue weighted by molar-refractivity contribution is 4.73. The molecular weight excluding hydrogens is 110 g/mol. The predicted molar refractivity (Wildman–Crippen MR) is 28.3 cm³/mol. The summed E-state index contributed by atoms with van der Waals surface area (Å²) in [5, 5.41) is 9.52. The molecule has 3 N–H and O–H groups in total. The third kappa shape index (κ3) is 5.06. The molecule has 46 valence electrons.